The monoisotopic (exact) mass is 538 g/mol. The molecule has 1 aliphatic rings. The van der Waals surface area contributed by atoms with Crippen LogP contribution in [0.15, 0.2) is 60.7 Å². The largest absolute Gasteiger partial charge is 0.492 e. The van der Waals surface area contributed by atoms with Crippen molar-refractivity contribution in [2.45, 2.75) is 19.3 Å². The van der Waals surface area contributed by atoms with E-state index in [1.54, 1.807) is 6.07 Å². The molecular weight excluding hydrogens is 518 g/mol. The van der Waals surface area contributed by atoms with Gasteiger partial charge in [0.1, 0.15) is 18.1 Å². The van der Waals surface area contributed by atoms with Gasteiger partial charge in [0.05, 0.1) is 23.4 Å². The molecule has 1 heterocycles. The second kappa shape index (κ2) is 10.3. The van der Waals surface area contributed by atoms with Crippen LogP contribution < -0.4 is 19.7 Å². The Bertz CT molecular complexity index is 1340. The van der Waals surface area contributed by atoms with Gasteiger partial charge in [-0.05, 0) is 61.0 Å². The van der Waals surface area contributed by atoms with Gasteiger partial charge in [0.15, 0.2) is 6.61 Å². The first-order valence-electron chi connectivity index (χ1n) is 11.2. The Hall–Kier alpha value is -4.22. The third-order valence-corrected chi connectivity index (χ3v) is 5.58. The van der Waals surface area contributed by atoms with Gasteiger partial charge >= 0.3 is 12.4 Å². The van der Waals surface area contributed by atoms with E-state index in [9.17, 15) is 35.9 Å². The molecule has 0 spiro atoms. The Morgan fingerprint density at radius 2 is 1.66 bits per heavy atom. The Labute approximate surface area is 212 Å². The van der Waals surface area contributed by atoms with Gasteiger partial charge in [0, 0.05) is 11.3 Å². The maximum atomic E-state index is 13.2. The first-order chi connectivity index (χ1) is 17.8. The van der Waals surface area contributed by atoms with Gasteiger partial charge in [0.2, 0.25) is 0 Å². The molecule has 2 amide bonds. The molecule has 0 saturated carbocycles. The molecule has 6 nitrogen and oxygen atoms in total. The van der Waals surface area contributed by atoms with E-state index in [4.69, 9.17) is 9.47 Å². The fraction of sp³-hybridized carbons (Fsp3) is 0.231. The molecule has 0 fully saturated rings. The maximum Gasteiger partial charge on any atom is 0.416 e. The van der Waals surface area contributed by atoms with Crippen molar-refractivity contribution in [1.29, 1.82) is 0 Å². The fourth-order valence-corrected chi connectivity index (χ4v) is 3.77. The number of benzene rings is 3. The number of aryl methyl sites for hydroxylation is 1. The molecule has 200 valence electrons. The Balaban J connectivity index is 1.55. The number of fused-ring (bicyclic) bond motifs is 1. The van der Waals surface area contributed by atoms with Crippen molar-refractivity contribution in [3.05, 3.63) is 82.9 Å². The lowest BCUT2D eigenvalue weighted by Crippen LogP contribution is -2.41. The van der Waals surface area contributed by atoms with Gasteiger partial charge in [0.25, 0.3) is 11.8 Å². The van der Waals surface area contributed by atoms with Crippen LogP contribution in [-0.2, 0) is 17.1 Å². The van der Waals surface area contributed by atoms with Gasteiger partial charge in [-0.25, -0.2) is 0 Å². The SMILES string of the molecule is Cc1cccc(OCCN2C(=O)COc3ccc(NC(=O)c4cc(C(F)(F)F)cc(C(F)(F)F)c4)cc32)c1. The molecule has 0 radical (unpaired) electrons. The number of anilines is 2. The minimum absolute atomic E-state index is 0.0302. The van der Waals surface area contributed by atoms with Gasteiger partial charge < -0.3 is 19.7 Å². The van der Waals surface area contributed by atoms with Crippen LogP contribution in [0.4, 0.5) is 37.7 Å². The van der Waals surface area contributed by atoms with Crippen molar-refractivity contribution in [2.24, 2.45) is 0 Å². The number of rotatable bonds is 6. The molecule has 0 atom stereocenters. The first kappa shape index (κ1) is 26.8. The van der Waals surface area contributed by atoms with Gasteiger partial charge in [-0.2, -0.15) is 26.3 Å². The molecule has 4 rings (SSSR count). The van der Waals surface area contributed by atoms with Crippen molar-refractivity contribution >= 4 is 23.2 Å². The molecule has 1 N–H and O–H groups in total. The normalized spacial score (nSPS) is 13.6. The number of halogens is 6. The fourth-order valence-electron chi connectivity index (χ4n) is 3.77. The highest BCUT2D eigenvalue weighted by Gasteiger charge is 2.37. The predicted octanol–water partition coefficient (Wildman–Crippen LogP) is 6.09. The topological polar surface area (TPSA) is 67.9 Å². The van der Waals surface area contributed by atoms with Crippen LogP contribution in [0, 0.1) is 6.92 Å². The zero-order valence-corrected chi connectivity index (χ0v) is 19.7. The summed E-state index contributed by atoms with van der Waals surface area (Å²) in [5.41, 5.74) is -2.78. The number of ether oxygens (including phenoxy) is 2. The molecule has 0 saturated heterocycles. The number of hydrogen-bond donors (Lipinski definition) is 1. The minimum Gasteiger partial charge on any atom is -0.492 e. The second-order valence-corrected chi connectivity index (χ2v) is 8.43. The van der Waals surface area contributed by atoms with Crippen LogP contribution in [0.5, 0.6) is 11.5 Å². The number of carbonyl (C=O) groups is 2. The molecule has 0 bridgehead atoms. The Morgan fingerprint density at radius 1 is 0.974 bits per heavy atom. The third-order valence-electron chi connectivity index (χ3n) is 5.58. The molecule has 0 aromatic heterocycles. The smallest absolute Gasteiger partial charge is 0.416 e. The van der Waals surface area contributed by atoms with Crippen molar-refractivity contribution in [2.75, 3.05) is 30.0 Å². The lowest BCUT2D eigenvalue weighted by Gasteiger charge is -2.29. The van der Waals surface area contributed by atoms with Crippen molar-refractivity contribution in [3.63, 3.8) is 0 Å². The molecular formula is C26H20F6N2O4. The zero-order valence-electron chi connectivity index (χ0n) is 19.7. The van der Waals surface area contributed by atoms with E-state index in [0.717, 1.165) is 5.56 Å². The summed E-state index contributed by atoms with van der Waals surface area (Å²) in [5, 5.41) is 2.29. The summed E-state index contributed by atoms with van der Waals surface area (Å²) in [5.74, 6) is -0.691. The van der Waals surface area contributed by atoms with Crippen LogP contribution in [0.2, 0.25) is 0 Å². The highest BCUT2D eigenvalue weighted by atomic mass is 19.4. The van der Waals surface area contributed by atoms with E-state index in [1.807, 2.05) is 25.1 Å². The molecule has 0 aliphatic carbocycles. The van der Waals surface area contributed by atoms with Crippen LogP contribution in [0.3, 0.4) is 0 Å². The van der Waals surface area contributed by atoms with Crippen LogP contribution in [0.1, 0.15) is 27.0 Å². The second-order valence-electron chi connectivity index (χ2n) is 8.43. The van der Waals surface area contributed by atoms with Crippen LogP contribution in [-0.4, -0.2) is 31.6 Å². The molecule has 1 aliphatic heterocycles. The maximum absolute atomic E-state index is 13.2. The summed E-state index contributed by atoms with van der Waals surface area (Å²) in [4.78, 5) is 26.5. The van der Waals surface area contributed by atoms with E-state index in [0.29, 0.717) is 23.6 Å². The van der Waals surface area contributed by atoms with E-state index in [-0.39, 0.29) is 37.2 Å². The molecule has 12 heteroatoms. The minimum atomic E-state index is -5.10. The predicted molar refractivity (Wildman–Crippen MR) is 125 cm³/mol. The molecule has 3 aromatic rings. The molecule has 38 heavy (non-hydrogen) atoms. The lowest BCUT2D eigenvalue weighted by molar-refractivity contribution is -0.143. The number of nitrogens with zero attached hydrogens (tertiary/aromatic N) is 1. The van der Waals surface area contributed by atoms with Gasteiger partial charge in [-0.1, -0.05) is 12.1 Å². The van der Waals surface area contributed by atoms with E-state index in [2.05, 4.69) is 5.32 Å². The summed E-state index contributed by atoms with van der Waals surface area (Å²) in [6.45, 7) is 1.89. The summed E-state index contributed by atoms with van der Waals surface area (Å²) in [6.07, 6.45) is -10.2. The number of nitrogens with one attached hydrogen (secondary N) is 1. The van der Waals surface area contributed by atoms with Crippen LogP contribution in [0.25, 0.3) is 0 Å². The number of alkyl halides is 6. The summed E-state index contributed by atoms with van der Waals surface area (Å²) in [6, 6.07) is 12.0. The number of amides is 2. The van der Waals surface area contributed by atoms with E-state index >= 15 is 0 Å². The van der Waals surface area contributed by atoms with E-state index in [1.165, 1.54) is 23.1 Å². The molecule has 0 unspecified atom stereocenters. The summed E-state index contributed by atoms with van der Waals surface area (Å²) >= 11 is 0. The van der Waals surface area contributed by atoms with Crippen molar-refractivity contribution < 1.29 is 45.4 Å². The van der Waals surface area contributed by atoms with Gasteiger partial charge in [-0.15, -0.1) is 0 Å². The highest BCUT2D eigenvalue weighted by Crippen LogP contribution is 2.37. The highest BCUT2D eigenvalue weighted by molar-refractivity contribution is 6.05. The van der Waals surface area contributed by atoms with Crippen molar-refractivity contribution in [1.82, 2.24) is 0 Å². The van der Waals surface area contributed by atoms with Gasteiger partial charge in [-0.3, -0.25) is 9.59 Å². The average molecular weight is 538 g/mol. The van der Waals surface area contributed by atoms with Crippen molar-refractivity contribution in [3.8, 4) is 11.5 Å². The van der Waals surface area contributed by atoms with E-state index < -0.39 is 40.9 Å². The Kier molecular flexibility index (Phi) is 7.25. The number of hydrogen-bond acceptors (Lipinski definition) is 4. The average Bonchev–Trinajstić information content (AvgIpc) is 2.84. The number of carbonyl (C=O) groups excluding carboxylic acids is 2. The summed E-state index contributed by atoms with van der Waals surface area (Å²) in [7, 11) is 0. The zero-order chi connectivity index (χ0) is 27.7. The first-order valence-corrected chi connectivity index (χ1v) is 11.2. The van der Waals surface area contributed by atoms with Crippen LogP contribution >= 0.6 is 0 Å². The standard InChI is InChI=1S/C26H20F6N2O4/c1-15-3-2-4-20(9-15)37-8-7-34-21-13-19(5-6-22(21)38-14-23(34)35)33-24(36)16-10-17(25(27,28)29)12-18(11-16)26(30,31)32/h2-6,9-13H,7-8,14H2,1H3,(H,33,36). The third kappa shape index (κ3) is 6.18. The molecule has 3 aromatic carbocycles. The summed E-state index contributed by atoms with van der Waals surface area (Å²) < 4.78 is 90.1. The lowest BCUT2D eigenvalue weighted by atomic mass is 10.0. The Morgan fingerprint density at radius 3 is 2.29 bits per heavy atom. The quantitative estimate of drug-likeness (QED) is 0.386.